The summed E-state index contributed by atoms with van der Waals surface area (Å²) in [6, 6.07) is 16.5. The normalized spacial score (nSPS) is 17.9. The predicted octanol–water partition coefficient (Wildman–Crippen LogP) is 4.18. The second-order valence-electron chi connectivity index (χ2n) is 9.04. The number of anilines is 2. The molecule has 1 saturated heterocycles. The number of nitrogens with one attached hydrogen (secondary N) is 3. The number of pyridine rings is 1. The van der Waals surface area contributed by atoms with Crippen molar-refractivity contribution in [2.24, 2.45) is 0 Å². The monoisotopic (exact) mass is 488 g/mol. The number of hydrogen-bond donors (Lipinski definition) is 3. The minimum atomic E-state index is -3.28. The molecule has 2 aromatic carbocycles. The second kappa shape index (κ2) is 9.64. The van der Waals surface area contributed by atoms with Gasteiger partial charge in [0.2, 0.25) is 0 Å². The highest BCUT2D eigenvalue weighted by Crippen LogP contribution is 2.35. The van der Waals surface area contributed by atoms with E-state index < -0.39 is 15.9 Å². The molecule has 0 amide bonds. The first-order valence-electron chi connectivity index (χ1n) is 11.7. The summed E-state index contributed by atoms with van der Waals surface area (Å²) in [5, 5.41) is 9.91. The lowest BCUT2D eigenvalue weighted by Gasteiger charge is -2.24. The van der Waals surface area contributed by atoms with Crippen molar-refractivity contribution in [3.8, 4) is 11.3 Å². The number of carbonyl (C=O) groups is 1. The number of carbonyl (C=O) groups excluding carboxylic acids is 1. The zero-order valence-corrected chi connectivity index (χ0v) is 20.3. The summed E-state index contributed by atoms with van der Waals surface area (Å²) in [6.07, 6.45) is 8.01. The topological polar surface area (TPSA) is 100 Å². The van der Waals surface area contributed by atoms with Crippen molar-refractivity contribution in [3.63, 3.8) is 0 Å². The van der Waals surface area contributed by atoms with E-state index in [0.717, 1.165) is 54.6 Å². The van der Waals surface area contributed by atoms with Gasteiger partial charge >= 0.3 is 0 Å². The van der Waals surface area contributed by atoms with Crippen molar-refractivity contribution in [3.05, 3.63) is 77.5 Å². The Labute approximate surface area is 205 Å². The Kier molecular flexibility index (Phi) is 6.40. The fraction of sp³-hybridized carbons (Fsp3) is 0.259. The first kappa shape index (κ1) is 23.3. The molecule has 180 valence electrons. The third-order valence-corrected chi connectivity index (χ3v) is 7.77. The number of piperidine rings is 1. The molecule has 1 aromatic heterocycles. The van der Waals surface area contributed by atoms with Crippen LogP contribution >= 0.6 is 0 Å². The van der Waals surface area contributed by atoms with Crippen molar-refractivity contribution in [1.29, 1.82) is 0 Å². The summed E-state index contributed by atoms with van der Waals surface area (Å²) in [6.45, 7) is 2.10. The molecule has 1 atom stereocenters. The molecule has 3 N–H and O–H groups in total. The van der Waals surface area contributed by atoms with E-state index in [4.69, 9.17) is 4.98 Å². The Bertz CT molecular complexity index is 1360. The lowest BCUT2D eigenvalue weighted by atomic mass is 9.90. The van der Waals surface area contributed by atoms with Gasteiger partial charge in [0, 0.05) is 23.1 Å². The molecule has 0 aliphatic carbocycles. The highest BCUT2D eigenvalue weighted by Gasteiger charge is 2.23. The van der Waals surface area contributed by atoms with Crippen LogP contribution in [0.25, 0.3) is 17.3 Å². The van der Waals surface area contributed by atoms with Crippen LogP contribution in [0.4, 0.5) is 11.5 Å². The zero-order valence-electron chi connectivity index (χ0n) is 19.5. The fourth-order valence-electron chi connectivity index (χ4n) is 4.72. The lowest BCUT2D eigenvalue weighted by Crippen LogP contribution is -2.26. The Morgan fingerprint density at radius 3 is 2.40 bits per heavy atom. The summed E-state index contributed by atoms with van der Waals surface area (Å²) in [5.74, 6) is 1.16. The molecule has 35 heavy (non-hydrogen) atoms. The first-order valence-corrected chi connectivity index (χ1v) is 13.6. The minimum Gasteiger partial charge on any atom is -0.378 e. The largest absolute Gasteiger partial charge is 0.378 e. The molecular weight excluding hydrogens is 460 g/mol. The second-order valence-corrected chi connectivity index (χ2v) is 11.1. The van der Waals surface area contributed by atoms with E-state index >= 15 is 0 Å². The van der Waals surface area contributed by atoms with Gasteiger partial charge in [-0.2, -0.15) is 0 Å². The van der Waals surface area contributed by atoms with Crippen LogP contribution < -0.4 is 16.0 Å². The Balaban J connectivity index is 1.50. The van der Waals surface area contributed by atoms with E-state index in [2.05, 4.69) is 40.2 Å². The van der Waals surface area contributed by atoms with Crippen LogP contribution in [0.2, 0.25) is 0 Å². The fourth-order valence-corrected chi connectivity index (χ4v) is 5.35. The van der Waals surface area contributed by atoms with Crippen molar-refractivity contribution in [2.75, 3.05) is 24.7 Å². The smallest absolute Gasteiger partial charge is 0.175 e. The van der Waals surface area contributed by atoms with Crippen molar-refractivity contribution >= 4 is 33.7 Å². The van der Waals surface area contributed by atoms with E-state index in [1.807, 2.05) is 12.1 Å². The Morgan fingerprint density at radius 2 is 1.74 bits per heavy atom. The summed E-state index contributed by atoms with van der Waals surface area (Å²) < 4.78 is 23.7. The van der Waals surface area contributed by atoms with Gasteiger partial charge in [-0.15, -0.1) is 0 Å². The predicted molar refractivity (Wildman–Crippen MR) is 138 cm³/mol. The molecule has 1 unspecified atom stereocenters. The van der Waals surface area contributed by atoms with Crippen molar-refractivity contribution < 1.29 is 13.2 Å². The van der Waals surface area contributed by atoms with Crippen LogP contribution in [-0.2, 0) is 14.6 Å². The van der Waals surface area contributed by atoms with Gasteiger partial charge in [0.15, 0.2) is 9.84 Å². The van der Waals surface area contributed by atoms with E-state index in [-0.39, 0.29) is 4.90 Å². The molecule has 2 aliphatic heterocycles. The van der Waals surface area contributed by atoms with Crippen LogP contribution in [0, 0.1) is 0 Å². The SMILES string of the molecule is CS(=O)(=O)c1ccc(-c2cc3c(c(Nc4ccc(C5CCNCC5)cc4)n2)C(C=O)NC=C3)cc1. The van der Waals surface area contributed by atoms with E-state index in [1.165, 1.54) is 11.8 Å². The van der Waals surface area contributed by atoms with Gasteiger partial charge in [-0.05, 0) is 85.6 Å². The zero-order chi connectivity index (χ0) is 24.4. The average molecular weight is 489 g/mol. The molecule has 2 aliphatic rings. The lowest BCUT2D eigenvalue weighted by molar-refractivity contribution is -0.109. The van der Waals surface area contributed by atoms with E-state index in [0.29, 0.717) is 17.4 Å². The molecule has 0 bridgehead atoms. The molecular formula is C27H28N4O3S. The Hall–Kier alpha value is -3.49. The molecule has 1 fully saturated rings. The number of rotatable bonds is 6. The van der Waals surface area contributed by atoms with Gasteiger partial charge in [0.1, 0.15) is 18.1 Å². The molecule has 0 spiro atoms. The number of nitrogens with zero attached hydrogens (tertiary/aromatic N) is 1. The minimum absolute atomic E-state index is 0.261. The van der Waals surface area contributed by atoms with Gasteiger partial charge < -0.3 is 20.7 Å². The summed E-state index contributed by atoms with van der Waals surface area (Å²) in [5.41, 5.74) is 5.37. The van der Waals surface area contributed by atoms with Crippen LogP contribution in [0.5, 0.6) is 0 Å². The maximum Gasteiger partial charge on any atom is 0.175 e. The molecule has 3 heterocycles. The molecule has 7 nitrogen and oxygen atoms in total. The maximum atomic E-state index is 11.8. The Morgan fingerprint density at radius 1 is 1.03 bits per heavy atom. The molecule has 3 aromatic rings. The van der Waals surface area contributed by atoms with Gasteiger partial charge in [-0.3, -0.25) is 0 Å². The third-order valence-electron chi connectivity index (χ3n) is 6.64. The van der Waals surface area contributed by atoms with E-state index in [9.17, 15) is 13.2 Å². The molecule has 8 heteroatoms. The summed E-state index contributed by atoms with van der Waals surface area (Å²) in [7, 11) is -3.28. The highest BCUT2D eigenvalue weighted by atomic mass is 32.2. The van der Waals surface area contributed by atoms with Gasteiger partial charge in [0.05, 0.1) is 10.6 Å². The number of benzene rings is 2. The van der Waals surface area contributed by atoms with Crippen LogP contribution in [0.1, 0.15) is 41.5 Å². The van der Waals surface area contributed by atoms with Crippen LogP contribution in [0.15, 0.2) is 65.7 Å². The van der Waals surface area contributed by atoms with E-state index in [1.54, 1.807) is 30.5 Å². The maximum absolute atomic E-state index is 11.8. The number of aldehydes is 1. The standard InChI is InChI=1S/C27H28N4O3S/c1-35(33,34)23-8-4-20(5-9-23)24-16-21-12-15-29-25(17-32)26(21)27(31-24)30-22-6-2-18(3-7-22)19-10-13-28-14-11-19/h2-9,12,15-17,19,25,28-29H,10-11,13-14H2,1H3,(H,30,31). The molecule has 0 radical (unpaired) electrons. The number of aromatic nitrogens is 1. The third kappa shape index (κ3) is 4.99. The van der Waals surface area contributed by atoms with Crippen LogP contribution in [-0.4, -0.2) is 39.0 Å². The first-order chi connectivity index (χ1) is 16.9. The summed E-state index contributed by atoms with van der Waals surface area (Å²) in [4.78, 5) is 16.9. The van der Waals surface area contributed by atoms with Gasteiger partial charge in [0.25, 0.3) is 0 Å². The van der Waals surface area contributed by atoms with Crippen molar-refractivity contribution in [2.45, 2.75) is 29.7 Å². The number of fused-ring (bicyclic) bond motifs is 1. The van der Waals surface area contributed by atoms with Gasteiger partial charge in [-0.1, -0.05) is 24.3 Å². The molecule has 0 saturated carbocycles. The molecule has 5 rings (SSSR count). The summed E-state index contributed by atoms with van der Waals surface area (Å²) >= 11 is 0. The highest BCUT2D eigenvalue weighted by molar-refractivity contribution is 7.90. The quantitative estimate of drug-likeness (QED) is 0.448. The van der Waals surface area contributed by atoms with Gasteiger partial charge in [-0.25, -0.2) is 13.4 Å². The van der Waals surface area contributed by atoms with Crippen molar-refractivity contribution in [1.82, 2.24) is 15.6 Å². The average Bonchev–Trinajstić information content (AvgIpc) is 2.88. The van der Waals surface area contributed by atoms with Crippen LogP contribution in [0.3, 0.4) is 0 Å². The number of hydrogen-bond acceptors (Lipinski definition) is 7. The number of sulfone groups is 1.